The maximum absolute atomic E-state index is 14.3. The molecule has 0 bridgehead atoms. The van der Waals surface area contributed by atoms with Crippen LogP contribution < -0.4 is 4.90 Å². The molecule has 0 aliphatic carbocycles. The van der Waals surface area contributed by atoms with Gasteiger partial charge in [0.05, 0.1) is 23.9 Å². The summed E-state index contributed by atoms with van der Waals surface area (Å²) in [6.07, 6.45) is 2.36. The molecule has 2 aromatic rings. The number of anilines is 1. The molecule has 1 aliphatic rings. The highest BCUT2D eigenvalue weighted by Crippen LogP contribution is 2.29. The van der Waals surface area contributed by atoms with Gasteiger partial charge in [-0.1, -0.05) is 11.6 Å². The van der Waals surface area contributed by atoms with E-state index in [1.54, 1.807) is 25.7 Å². The quantitative estimate of drug-likeness (QED) is 0.707. The number of aromatic nitrogens is 3. The third-order valence-electron chi connectivity index (χ3n) is 4.30. The summed E-state index contributed by atoms with van der Waals surface area (Å²) in [5.74, 6) is -0.219. The molecule has 1 saturated heterocycles. The fourth-order valence-electron chi connectivity index (χ4n) is 3.10. The van der Waals surface area contributed by atoms with Gasteiger partial charge in [-0.3, -0.25) is 0 Å². The van der Waals surface area contributed by atoms with Crippen LogP contribution in [0.15, 0.2) is 12.5 Å². The van der Waals surface area contributed by atoms with E-state index in [9.17, 15) is 14.4 Å². The number of nitrogens with zero attached hydrogens (tertiary/aromatic N) is 6. The molecule has 3 heterocycles. The molecule has 1 amide bonds. The van der Waals surface area contributed by atoms with E-state index in [1.165, 1.54) is 12.5 Å². The van der Waals surface area contributed by atoms with Gasteiger partial charge in [0.15, 0.2) is 11.0 Å². The average Bonchev–Trinajstić information content (AvgIpc) is 2.63. The van der Waals surface area contributed by atoms with Crippen molar-refractivity contribution in [2.45, 2.75) is 38.8 Å². The van der Waals surface area contributed by atoms with Gasteiger partial charge in [-0.15, -0.1) is 0 Å². The Morgan fingerprint density at radius 1 is 1.39 bits per heavy atom. The van der Waals surface area contributed by atoms with E-state index in [4.69, 9.17) is 16.3 Å². The predicted molar refractivity (Wildman–Crippen MR) is 101 cm³/mol. The molecular formula is C18H20ClFN6O2. The van der Waals surface area contributed by atoms with Crippen LogP contribution in [0.1, 0.15) is 27.2 Å². The van der Waals surface area contributed by atoms with Crippen LogP contribution >= 0.6 is 11.6 Å². The Morgan fingerprint density at radius 2 is 2.14 bits per heavy atom. The topological polar surface area (TPSA) is 95.2 Å². The van der Waals surface area contributed by atoms with Crippen molar-refractivity contribution >= 4 is 34.4 Å². The Balaban J connectivity index is 1.89. The Bertz CT molecular complexity index is 942. The van der Waals surface area contributed by atoms with E-state index in [0.717, 1.165) is 0 Å². The number of amides is 1. The summed E-state index contributed by atoms with van der Waals surface area (Å²) in [7, 11) is 0. The van der Waals surface area contributed by atoms with E-state index in [2.05, 4.69) is 21.0 Å². The SMILES string of the molecule is CC(C)(C)OC(=O)N1CCN(c2ncnc3c(F)c(Cl)ncc23)C[C@@H]1CC#N. The van der Waals surface area contributed by atoms with Crippen LogP contribution in [0.4, 0.5) is 15.0 Å². The van der Waals surface area contributed by atoms with Gasteiger partial charge in [0.1, 0.15) is 23.3 Å². The summed E-state index contributed by atoms with van der Waals surface area (Å²) >= 11 is 5.74. The Morgan fingerprint density at radius 3 is 2.82 bits per heavy atom. The molecule has 28 heavy (non-hydrogen) atoms. The van der Waals surface area contributed by atoms with Gasteiger partial charge in [0, 0.05) is 25.8 Å². The van der Waals surface area contributed by atoms with Crippen LogP contribution in [0.3, 0.4) is 0 Å². The first kappa shape index (κ1) is 20.0. The van der Waals surface area contributed by atoms with Crippen molar-refractivity contribution in [1.82, 2.24) is 19.9 Å². The highest BCUT2D eigenvalue weighted by Gasteiger charge is 2.34. The lowest BCUT2D eigenvalue weighted by Gasteiger charge is -2.41. The first-order chi connectivity index (χ1) is 13.2. The third kappa shape index (κ3) is 4.07. The largest absolute Gasteiger partial charge is 0.444 e. The zero-order chi connectivity index (χ0) is 20.5. The molecule has 0 unspecified atom stereocenters. The number of fused-ring (bicyclic) bond motifs is 1. The van der Waals surface area contributed by atoms with Crippen LogP contribution in [0.2, 0.25) is 5.15 Å². The second kappa shape index (κ2) is 7.72. The predicted octanol–water partition coefficient (Wildman–Crippen LogP) is 3.16. The molecule has 10 heteroatoms. The Kier molecular flexibility index (Phi) is 5.52. The minimum absolute atomic E-state index is 0.0800. The lowest BCUT2D eigenvalue weighted by Crippen LogP contribution is -2.56. The number of halogens is 2. The number of hydrogen-bond donors (Lipinski definition) is 0. The minimum Gasteiger partial charge on any atom is -0.444 e. The summed E-state index contributed by atoms with van der Waals surface area (Å²) < 4.78 is 19.7. The monoisotopic (exact) mass is 406 g/mol. The molecule has 0 aromatic carbocycles. The normalized spacial score (nSPS) is 17.5. The maximum Gasteiger partial charge on any atom is 0.410 e. The van der Waals surface area contributed by atoms with Crippen LogP contribution in [-0.2, 0) is 4.74 Å². The van der Waals surface area contributed by atoms with E-state index in [0.29, 0.717) is 30.8 Å². The molecular weight excluding hydrogens is 387 g/mol. The first-order valence-corrected chi connectivity index (χ1v) is 9.15. The molecule has 0 spiro atoms. The highest BCUT2D eigenvalue weighted by molar-refractivity contribution is 6.30. The fourth-order valence-corrected chi connectivity index (χ4v) is 3.23. The molecule has 3 rings (SSSR count). The van der Waals surface area contributed by atoms with Crippen molar-refractivity contribution in [2.75, 3.05) is 24.5 Å². The van der Waals surface area contributed by atoms with Gasteiger partial charge in [0.2, 0.25) is 0 Å². The third-order valence-corrected chi connectivity index (χ3v) is 4.56. The van der Waals surface area contributed by atoms with E-state index >= 15 is 0 Å². The number of pyridine rings is 1. The number of ether oxygens (including phenoxy) is 1. The zero-order valence-corrected chi connectivity index (χ0v) is 16.6. The molecule has 1 fully saturated rings. The molecule has 8 nitrogen and oxygen atoms in total. The fraction of sp³-hybridized carbons (Fsp3) is 0.500. The van der Waals surface area contributed by atoms with Gasteiger partial charge < -0.3 is 14.5 Å². The molecule has 148 valence electrons. The van der Waals surface area contributed by atoms with Gasteiger partial charge in [-0.2, -0.15) is 5.26 Å². The van der Waals surface area contributed by atoms with E-state index < -0.39 is 17.5 Å². The van der Waals surface area contributed by atoms with Crippen molar-refractivity contribution in [3.8, 4) is 6.07 Å². The van der Waals surface area contributed by atoms with Gasteiger partial charge in [-0.05, 0) is 20.8 Å². The Hall–Kier alpha value is -2.73. The van der Waals surface area contributed by atoms with Gasteiger partial charge in [-0.25, -0.2) is 24.1 Å². The number of carbonyl (C=O) groups excluding carboxylic acids is 1. The molecule has 0 radical (unpaired) electrons. The molecule has 1 atom stereocenters. The first-order valence-electron chi connectivity index (χ1n) is 8.77. The average molecular weight is 407 g/mol. The second-order valence-corrected chi connectivity index (χ2v) is 7.82. The van der Waals surface area contributed by atoms with Crippen molar-refractivity contribution in [2.24, 2.45) is 0 Å². The lowest BCUT2D eigenvalue weighted by atomic mass is 10.1. The number of rotatable bonds is 2. The molecule has 2 aromatic heterocycles. The van der Waals surface area contributed by atoms with Crippen molar-refractivity contribution in [3.05, 3.63) is 23.5 Å². The highest BCUT2D eigenvalue weighted by atomic mass is 35.5. The molecule has 1 aliphatic heterocycles. The number of piperazine rings is 1. The van der Waals surface area contributed by atoms with Crippen LogP contribution in [0.25, 0.3) is 10.9 Å². The molecule has 0 saturated carbocycles. The summed E-state index contributed by atoms with van der Waals surface area (Å²) in [4.78, 5) is 28.0. The Labute approximate surface area is 166 Å². The molecule has 0 N–H and O–H groups in total. The number of nitriles is 1. The van der Waals surface area contributed by atoms with Crippen LogP contribution in [0.5, 0.6) is 0 Å². The van der Waals surface area contributed by atoms with E-state index in [-0.39, 0.29) is 23.1 Å². The summed E-state index contributed by atoms with van der Waals surface area (Å²) in [6, 6.07) is 1.73. The van der Waals surface area contributed by atoms with Crippen LogP contribution in [-0.4, -0.2) is 57.2 Å². The van der Waals surface area contributed by atoms with E-state index in [1.807, 2.05) is 4.90 Å². The summed E-state index contributed by atoms with van der Waals surface area (Å²) in [5, 5.41) is 9.37. The smallest absolute Gasteiger partial charge is 0.410 e. The minimum atomic E-state index is -0.705. The number of carbonyl (C=O) groups is 1. The second-order valence-electron chi connectivity index (χ2n) is 7.46. The maximum atomic E-state index is 14.3. The number of hydrogen-bond acceptors (Lipinski definition) is 7. The lowest BCUT2D eigenvalue weighted by molar-refractivity contribution is 0.0145. The zero-order valence-electron chi connectivity index (χ0n) is 15.8. The summed E-state index contributed by atoms with van der Waals surface area (Å²) in [5.41, 5.74) is -0.548. The van der Waals surface area contributed by atoms with Crippen molar-refractivity contribution in [3.63, 3.8) is 0 Å². The summed E-state index contributed by atoms with van der Waals surface area (Å²) in [6.45, 7) is 6.51. The van der Waals surface area contributed by atoms with Crippen molar-refractivity contribution in [1.29, 1.82) is 5.26 Å². The van der Waals surface area contributed by atoms with Crippen LogP contribution in [0, 0.1) is 17.1 Å². The van der Waals surface area contributed by atoms with Gasteiger partial charge >= 0.3 is 6.09 Å². The van der Waals surface area contributed by atoms with Gasteiger partial charge in [0.25, 0.3) is 0 Å². The standard InChI is InChI=1S/C18H20ClFN6O2/c1-18(2,3)28-17(27)26-7-6-25(9-11(26)4-5-21)16-12-8-22-15(19)13(20)14(12)23-10-24-16/h8,10-11H,4,6-7,9H2,1-3H3/t11-/m0/s1. The van der Waals surface area contributed by atoms with Crippen molar-refractivity contribution < 1.29 is 13.9 Å².